The standard InChI is InChI=1S/C12H13ClFN3/c1-3-4-11-15-16-12(13)17(11)10-7-9(14)6-5-8(10)2/h5-7H,3-4H2,1-2H3. The first-order chi connectivity index (χ1) is 8.13. The van der Waals surface area contributed by atoms with Crippen LogP contribution in [-0.2, 0) is 6.42 Å². The smallest absolute Gasteiger partial charge is 0.229 e. The molecule has 1 aromatic carbocycles. The van der Waals surface area contributed by atoms with E-state index in [4.69, 9.17) is 11.6 Å². The zero-order valence-electron chi connectivity index (χ0n) is 9.74. The van der Waals surface area contributed by atoms with Gasteiger partial charge >= 0.3 is 0 Å². The summed E-state index contributed by atoms with van der Waals surface area (Å²) in [7, 11) is 0. The monoisotopic (exact) mass is 253 g/mol. The lowest BCUT2D eigenvalue weighted by Crippen LogP contribution is -2.03. The largest absolute Gasteiger partial charge is 0.269 e. The molecule has 0 unspecified atom stereocenters. The maximum absolute atomic E-state index is 13.3. The van der Waals surface area contributed by atoms with Gasteiger partial charge in [-0.05, 0) is 42.6 Å². The molecule has 2 rings (SSSR count). The van der Waals surface area contributed by atoms with Gasteiger partial charge in [-0.25, -0.2) is 4.39 Å². The lowest BCUT2D eigenvalue weighted by molar-refractivity contribution is 0.625. The van der Waals surface area contributed by atoms with Crippen molar-refractivity contribution in [3.8, 4) is 5.69 Å². The molecule has 0 saturated carbocycles. The number of nitrogens with zero attached hydrogens (tertiary/aromatic N) is 3. The minimum Gasteiger partial charge on any atom is -0.269 e. The van der Waals surface area contributed by atoms with E-state index in [-0.39, 0.29) is 11.1 Å². The second-order valence-electron chi connectivity index (χ2n) is 3.90. The van der Waals surface area contributed by atoms with Crippen LogP contribution in [0.5, 0.6) is 0 Å². The Bertz CT molecular complexity index is 537. The van der Waals surface area contributed by atoms with Gasteiger partial charge in [-0.1, -0.05) is 13.0 Å². The van der Waals surface area contributed by atoms with Gasteiger partial charge in [0.2, 0.25) is 5.28 Å². The van der Waals surface area contributed by atoms with E-state index in [1.54, 1.807) is 10.6 Å². The molecule has 1 aromatic heterocycles. The maximum Gasteiger partial charge on any atom is 0.229 e. The molecule has 5 heteroatoms. The van der Waals surface area contributed by atoms with Crippen LogP contribution >= 0.6 is 11.6 Å². The topological polar surface area (TPSA) is 30.7 Å². The fraction of sp³-hybridized carbons (Fsp3) is 0.333. The molecule has 0 amide bonds. The van der Waals surface area contributed by atoms with Crippen LogP contribution in [0.25, 0.3) is 5.69 Å². The molecule has 0 spiro atoms. The first kappa shape index (κ1) is 12.0. The van der Waals surface area contributed by atoms with Crippen molar-refractivity contribution in [1.29, 1.82) is 0 Å². The van der Waals surface area contributed by atoms with Gasteiger partial charge in [0.1, 0.15) is 11.6 Å². The number of aryl methyl sites for hydroxylation is 2. The zero-order valence-corrected chi connectivity index (χ0v) is 10.5. The van der Waals surface area contributed by atoms with Crippen molar-refractivity contribution in [3.63, 3.8) is 0 Å². The molecule has 2 aromatic rings. The highest BCUT2D eigenvalue weighted by Crippen LogP contribution is 2.22. The molecule has 0 aliphatic rings. The molecule has 1 heterocycles. The quantitative estimate of drug-likeness (QED) is 0.840. The summed E-state index contributed by atoms with van der Waals surface area (Å²) >= 11 is 6.01. The molecule has 0 N–H and O–H groups in total. The minimum atomic E-state index is -0.294. The van der Waals surface area contributed by atoms with E-state index in [1.165, 1.54) is 12.1 Å². The van der Waals surface area contributed by atoms with Crippen LogP contribution in [0.1, 0.15) is 24.7 Å². The predicted molar refractivity (Wildman–Crippen MR) is 65.1 cm³/mol. The number of halogens is 2. The van der Waals surface area contributed by atoms with E-state index in [1.807, 2.05) is 13.8 Å². The zero-order chi connectivity index (χ0) is 12.4. The number of aromatic nitrogens is 3. The Balaban J connectivity index is 2.58. The van der Waals surface area contributed by atoms with Crippen LogP contribution in [0.4, 0.5) is 4.39 Å². The van der Waals surface area contributed by atoms with Crippen molar-refractivity contribution in [2.24, 2.45) is 0 Å². The van der Waals surface area contributed by atoms with Crippen molar-refractivity contribution in [3.05, 3.63) is 40.7 Å². The van der Waals surface area contributed by atoms with E-state index >= 15 is 0 Å². The second-order valence-corrected chi connectivity index (χ2v) is 4.24. The van der Waals surface area contributed by atoms with Crippen LogP contribution in [0, 0.1) is 12.7 Å². The van der Waals surface area contributed by atoms with Gasteiger partial charge in [0.25, 0.3) is 0 Å². The van der Waals surface area contributed by atoms with Gasteiger partial charge in [-0.3, -0.25) is 4.57 Å². The molecule has 0 saturated heterocycles. The Kier molecular flexibility index (Phi) is 3.43. The highest BCUT2D eigenvalue weighted by molar-refractivity contribution is 6.28. The normalized spacial score (nSPS) is 10.8. The van der Waals surface area contributed by atoms with Crippen LogP contribution in [0.15, 0.2) is 18.2 Å². The Labute approximate surface area is 104 Å². The van der Waals surface area contributed by atoms with E-state index in [0.717, 1.165) is 24.2 Å². The van der Waals surface area contributed by atoms with E-state index < -0.39 is 0 Å². The SMILES string of the molecule is CCCc1nnc(Cl)n1-c1cc(F)ccc1C. The summed E-state index contributed by atoms with van der Waals surface area (Å²) in [6.07, 6.45) is 1.69. The number of rotatable bonds is 3. The van der Waals surface area contributed by atoms with Crippen molar-refractivity contribution in [2.75, 3.05) is 0 Å². The van der Waals surface area contributed by atoms with E-state index in [9.17, 15) is 4.39 Å². The molecule has 17 heavy (non-hydrogen) atoms. The molecular weight excluding hydrogens is 241 g/mol. The summed E-state index contributed by atoms with van der Waals surface area (Å²) in [6.45, 7) is 3.95. The van der Waals surface area contributed by atoms with Gasteiger partial charge < -0.3 is 0 Å². The van der Waals surface area contributed by atoms with Crippen LogP contribution in [-0.4, -0.2) is 14.8 Å². The van der Waals surface area contributed by atoms with Crippen LogP contribution in [0.3, 0.4) is 0 Å². The average molecular weight is 254 g/mol. The lowest BCUT2D eigenvalue weighted by Gasteiger charge is -2.10. The first-order valence-corrected chi connectivity index (χ1v) is 5.87. The van der Waals surface area contributed by atoms with E-state index in [0.29, 0.717) is 5.69 Å². The Hall–Kier alpha value is -1.42. The van der Waals surface area contributed by atoms with Crippen molar-refractivity contribution >= 4 is 11.6 Å². The molecule has 0 aliphatic carbocycles. The molecule has 3 nitrogen and oxygen atoms in total. The van der Waals surface area contributed by atoms with Crippen molar-refractivity contribution in [1.82, 2.24) is 14.8 Å². The predicted octanol–water partition coefficient (Wildman–Crippen LogP) is 3.32. The number of hydrogen-bond donors (Lipinski definition) is 0. The molecule has 0 aliphatic heterocycles. The second kappa shape index (κ2) is 4.84. The summed E-state index contributed by atoms with van der Waals surface area (Å²) in [5, 5.41) is 8.12. The van der Waals surface area contributed by atoms with Gasteiger partial charge in [0.05, 0.1) is 5.69 Å². The number of benzene rings is 1. The molecule has 0 radical (unpaired) electrons. The fourth-order valence-corrected chi connectivity index (χ4v) is 1.97. The van der Waals surface area contributed by atoms with Gasteiger partial charge in [0.15, 0.2) is 0 Å². The average Bonchev–Trinajstić information content (AvgIpc) is 2.64. The Morgan fingerprint density at radius 3 is 2.82 bits per heavy atom. The van der Waals surface area contributed by atoms with Gasteiger partial charge in [0, 0.05) is 6.42 Å². The van der Waals surface area contributed by atoms with Crippen molar-refractivity contribution in [2.45, 2.75) is 26.7 Å². The Morgan fingerprint density at radius 1 is 1.35 bits per heavy atom. The maximum atomic E-state index is 13.3. The summed E-state index contributed by atoms with van der Waals surface area (Å²) in [4.78, 5) is 0. The third-order valence-electron chi connectivity index (χ3n) is 2.58. The molecule has 0 atom stereocenters. The number of hydrogen-bond acceptors (Lipinski definition) is 2. The van der Waals surface area contributed by atoms with Gasteiger partial charge in [-0.2, -0.15) is 0 Å². The minimum absolute atomic E-state index is 0.266. The third-order valence-corrected chi connectivity index (χ3v) is 2.82. The van der Waals surface area contributed by atoms with Gasteiger partial charge in [-0.15, -0.1) is 10.2 Å². The highest BCUT2D eigenvalue weighted by Gasteiger charge is 2.13. The summed E-state index contributed by atoms with van der Waals surface area (Å²) in [6, 6.07) is 4.59. The molecule has 0 fully saturated rings. The highest BCUT2D eigenvalue weighted by atomic mass is 35.5. The summed E-state index contributed by atoms with van der Waals surface area (Å²) < 4.78 is 15.0. The fourth-order valence-electron chi connectivity index (χ4n) is 1.74. The van der Waals surface area contributed by atoms with Crippen LogP contribution in [0.2, 0.25) is 5.28 Å². The Morgan fingerprint density at radius 2 is 2.12 bits per heavy atom. The van der Waals surface area contributed by atoms with E-state index in [2.05, 4.69) is 10.2 Å². The summed E-state index contributed by atoms with van der Waals surface area (Å²) in [5.41, 5.74) is 1.63. The first-order valence-electron chi connectivity index (χ1n) is 5.49. The molecular formula is C12H13ClFN3. The van der Waals surface area contributed by atoms with Crippen molar-refractivity contribution < 1.29 is 4.39 Å². The molecule has 0 bridgehead atoms. The molecule has 90 valence electrons. The summed E-state index contributed by atoms with van der Waals surface area (Å²) in [5.74, 6) is 0.462. The lowest BCUT2D eigenvalue weighted by atomic mass is 10.2. The van der Waals surface area contributed by atoms with Crippen LogP contribution < -0.4 is 0 Å². The third kappa shape index (κ3) is 2.31.